The molecule has 3 rings (SSSR count). The number of nitrogens with zero attached hydrogens (tertiary/aromatic N) is 1. The van der Waals surface area contributed by atoms with Crippen LogP contribution in [0.15, 0.2) is 18.2 Å². The minimum atomic E-state index is -0.0829. The van der Waals surface area contributed by atoms with Crippen LogP contribution in [0.5, 0.6) is 0 Å². The number of amides is 1. The van der Waals surface area contributed by atoms with E-state index in [2.05, 4.69) is 15.6 Å². The lowest BCUT2D eigenvalue weighted by Gasteiger charge is -2.08. The fourth-order valence-corrected chi connectivity index (χ4v) is 3.35. The zero-order valence-electron chi connectivity index (χ0n) is 11.3. The maximum Gasteiger partial charge on any atom is 0.243 e. The molecular weight excluding hydrogens is 274 g/mol. The average molecular weight is 291 g/mol. The number of nitrogens with one attached hydrogen (secondary N) is 2. The van der Waals surface area contributed by atoms with Crippen LogP contribution in [-0.4, -0.2) is 30.6 Å². The van der Waals surface area contributed by atoms with Gasteiger partial charge in [-0.2, -0.15) is 0 Å². The highest BCUT2D eigenvalue weighted by atomic mass is 32.1. The first-order valence-corrected chi connectivity index (χ1v) is 7.51. The van der Waals surface area contributed by atoms with Gasteiger partial charge < -0.3 is 15.4 Å². The lowest BCUT2D eigenvalue weighted by molar-refractivity contribution is -0.117. The van der Waals surface area contributed by atoms with Crippen molar-refractivity contribution in [1.82, 2.24) is 10.3 Å². The molecule has 0 aliphatic carbocycles. The van der Waals surface area contributed by atoms with Crippen LogP contribution in [0.1, 0.15) is 18.4 Å². The van der Waals surface area contributed by atoms with Crippen LogP contribution in [-0.2, 0) is 16.1 Å². The largest absolute Gasteiger partial charge is 0.380 e. The molecule has 1 amide bonds. The van der Waals surface area contributed by atoms with E-state index in [9.17, 15) is 4.79 Å². The molecule has 0 saturated carbocycles. The minimum absolute atomic E-state index is 0.00912. The van der Waals surface area contributed by atoms with Gasteiger partial charge in [0.25, 0.3) is 0 Å². The molecule has 1 fully saturated rings. The molecule has 1 atom stereocenters. The second-order valence-corrected chi connectivity index (χ2v) is 5.88. The predicted octanol–water partition coefficient (Wildman–Crippen LogP) is 2.13. The van der Waals surface area contributed by atoms with Crippen molar-refractivity contribution in [3.8, 4) is 0 Å². The number of methoxy groups -OCH3 is 1. The van der Waals surface area contributed by atoms with E-state index < -0.39 is 0 Å². The van der Waals surface area contributed by atoms with Crippen molar-refractivity contribution in [3.05, 3.63) is 23.8 Å². The molecule has 1 aromatic carbocycles. The highest BCUT2D eigenvalue weighted by Gasteiger charge is 2.22. The standard InChI is InChI=1S/C14H17N3O2S/c1-19-8-9-4-2-6-11-12(9)16-14(20-11)17-13(18)10-5-3-7-15-10/h2,4,6,10,15H,3,5,7-8H2,1H3,(H,16,17,18). The van der Waals surface area contributed by atoms with Crippen molar-refractivity contribution in [2.45, 2.75) is 25.5 Å². The number of para-hydroxylation sites is 1. The summed E-state index contributed by atoms with van der Waals surface area (Å²) in [7, 11) is 1.67. The molecule has 1 aliphatic rings. The topological polar surface area (TPSA) is 63.2 Å². The molecule has 106 valence electrons. The molecule has 0 spiro atoms. The molecule has 20 heavy (non-hydrogen) atoms. The Morgan fingerprint density at radius 3 is 3.25 bits per heavy atom. The molecule has 1 saturated heterocycles. The number of ether oxygens (including phenoxy) is 1. The smallest absolute Gasteiger partial charge is 0.243 e. The van der Waals surface area contributed by atoms with E-state index in [1.165, 1.54) is 11.3 Å². The van der Waals surface area contributed by atoms with Gasteiger partial charge in [-0.05, 0) is 25.5 Å². The molecule has 5 nitrogen and oxygen atoms in total. The zero-order chi connectivity index (χ0) is 13.9. The Balaban J connectivity index is 1.81. The molecular formula is C14H17N3O2S. The number of rotatable bonds is 4. The lowest BCUT2D eigenvalue weighted by Crippen LogP contribution is -2.35. The summed E-state index contributed by atoms with van der Waals surface area (Å²) < 4.78 is 6.24. The number of carbonyl (C=O) groups excluding carboxylic acids is 1. The Hall–Kier alpha value is -1.50. The molecule has 2 aromatic rings. The quantitative estimate of drug-likeness (QED) is 0.906. The first-order chi connectivity index (χ1) is 9.78. The molecule has 2 N–H and O–H groups in total. The first-order valence-electron chi connectivity index (χ1n) is 6.69. The molecule has 1 aliphatic heterocycles. The van der Waals surface area contributed by atoms with Crippen LogP contribution >= 0.6 is 11.3 Å². The molecule has 0 bridgehead atoms. The van der Waals surface area contributed by atoms with Gasteiger partial charge in [-0.15, -0.1) is 0 Å². The summed E-state index contributed by atoms with van der Waals surface area (Å²) in [4.78, 5) is 16.6. The number of carbonyl (C=O) groups is 1. The van der Waals surface area contributed by atoms with E-state index in [4.69, 9.17) is 4.74 Å². The molecule has 0 radical (unpaired) electrons. The summed E-state index contributed by atoms with van der Waals surface area (Å²) in [6.45, 7) is 1.44. The summed E-state index contributed by atoms with van der Waals surface area (Å²) in [6, 6.07) is 5.91. The molecule has 1 unspecified atom stereocenters. The Labute approximate surface area is 121 Å². The zero-order valence-corrected chi connectivity index (χ0v) is 12.1. The van der Waals surface area contributed by atoms with Crippen molar-refractivity contribution in [1.29, 1.82) is 0 Å². The van der Waals surface area contributed by atoms with Crippen molar-refractivity contribution < 1.29 is 9.53 Å². The van der Waals surface area contributed by atoms with Crippen LogP contribution < -0.4 is 10.6 Å². The first kappa shape index (κ1) is 13.5. The minimum Gasteiger partial charge on any atom is -0.380 e. The van der Waals surface area contributed by atoms with Crippen LogP contribution in [0, 0.1) is 0 Å². The van der Waals surface area contributed by atoms with Gasteiger partial charge in [0.05, 0.1) is 22.9 Å². The van der Waals surface area contributed by atoms with Crippen LogP contribution in [0.2, 0.25) is 0 Å². The summed E-state index contributed by atoms with van der Waals surface area (Å²) in [5.74, 6) is 0.00912. The van der Waals surface area contributed by atoms with E-state index in [-0.39, 0.29) is 11.9 Å². The van der Waals surface area contributed by atoms with E-state index in [1.807, 2.05) is 18.2 Å². The van der Waals surface area contributed by atoms with Crippen molar-refractivity contribution >= 4 is 32.6 Å². The summed E-state index contributed by atoms with van der Waals surface area (Å²) >= 11 is 1.50. The third-order valence-electron chi connectivity index (χ3n) is 3.41. The van der Waals surface area contributed by atoms with E-state index in [1.54, 1.807) is 7.11 Å². The second-order valence-electron chi connectivity index (χ2n) is 4.85. The maximum absolute atomic E-state index is 12.1. The van der Waals surface area contributed by atoms with E-state index >= 15 is 0 Å². The van der Waals surface area contributed by atoms with Crippen molar-refractivity contribution in [2.24, 2.45) is 0 Å². The Kier molecular flexibility index (Phi) is 3.95. The van der Waals surface area contributed by atoms with Gasteiger partial charge in [-0.25, -0.2) is 4.98 Å². The lowest BCUT2D eigenvalue weighted by atomic mass is 10.2. The monoisotopic (exact) mass is 291 g/mol. The Morgan fingerprint density at radius 1 is 1.60 bits per heavy atom. The van der Waals surface area contributed by atoms with Gasteiger partial charge in [0.15, 0.2) is 5.13 Å². The molecule has 1 aromatic heterocycles. The Morgan fingerprint density at radius 2 is 2.50 bits per heavy atom. The van der Waals surface area contributed by atoms with Gasteiger partial charge in [0.1, 0.15) is 0 Å². The number of aromatic nitrogens is 1. The SMILES string of the molecule is COCc1cccc2sc(NC(=O)C3CCCN3)nc12. The number of thiazole rings is 1. The normalized spacial score (nSPS) is 18.6. The van der Waals surface area contributed by atoms with E-state index in [0.29, 0.717) is 11.7 Å². The second kappa shape index (κ2) is 5.87. The summed E-state index contributed by atoms with van der Waals surface area (Å²) in [5, 5.41) is 6.75. The predicted molar refractivity (Wildman–Crippen MR) is 80.0 cm³/mol. The third-order valence-corrected chi connectivity index (χ3v) is 4.35. The van der Waals surface area contributed by atoms with Gasteiger partial charge in [-0.3, -0.25) is 4.79 Å². The fourth-order valence-electron chi connectivity index (χ4n) is 2.43. The highest BCUT2D eigenvalue weighted by Crippen LogP contribution is 2.28. The summed E-state index contributed by atoms with van der Waals surface area (Å²) in [5.41, 5.74) is 1.95. The van der Waals surface area contributed by atoms with Crippen LogP contribution in [0.3, 0.4) is 0 Å². The number of hydrogen-bond acceptors (Lipinski definition) is 5. The number of hydrogen-bond donors (Lipinski definition) is 2. The van der Waals surface area contributed by atoms with Gasteiger partial charge >= 0.3 is 0 Å². The van der Waals surface area contributed by atoms with Crippen molar-refractivity contribution in [2.75, 3.05) is 19.0 Å². The van der Waals surface area contributed by atoms with Gasteiger partial charge in [0, 0.05) is 12.7 Å². The molecule has 6 heteroatoms. The van der Waals surface area contributed by atoms with Crippen molar-refractivity contribution in [3.63, 3.8) is 0 Å². The number of benzene rings is 1. The van der Waals surface area contributed by atoms with E-state index in [0.717, 1.165) is 35.2 Å². The number of anilines is 1. The average Bonchev–Trinajstić information content (AvgIpc) is 3.07. The van der Waals surface area contributed by atoms with Gasteiger partial charge in [-0.1, -0.05) is 23.5 Å². The number of fused-ring (bicyclic) bond motifs is 1. The Bertz CT molecular complexity index is 620. The fraction of sp³-hybridized carbons (Fsp3) is 0.429. The maximum atomic E-state index is 12.1. The van der Waals surface area contributed by atoms with Crippen LogP contribution in [0.25, 0.3) is 10.2 Å². The molecule has 2 heterocycles. The van der Waals surface area contributed by atoms with Gasteiger partial charge in [0.2, 0.25) is 5.91 Å². The summed E-state index contributed by atoms with van der Waals surface area (Å²) in [6.07, 6.45) is 1.95. The van der Waals surface area contributed by atoms with Crippen LogP contribution in [0.4, 0.5) is 5.13 Å². The third kappa shape index (κ3) is 2.67. The highest BCUT2D eigenvalue weighted by molar-refractivity contribution is 7.22.